The van der Waals surface area contributed by atoms with E-state index in [0.717, 1.165) is 11.1 Å². The molecule has 1 aromatic heterocycles. The minimum Gasteiger partial charge on any atom is -0.493 e. The molecule has 0 saturated heterocycles. The first kappa shape index (κ1) is 17.1. The standard InChI is InChI=1S/C20H18FN3O3/c1-26-17-8-3-12(9-18(17)27-2)15-10-19(25)23-20-16(15)11-22-24(20)14-6-4-13(21)5-7-14/h3-9,11,15H,10H2,1-2H3,(H,23,25). The number of nitrogens with zero attached hydrogens (tertiary/aromatic N) is 2. The Labute approximate surface area is 155 Å². The second-order valence-electron chi connectivity index (χ2n) is 6.26. The SMILES string of the molecule is COc1ccc(C2CC(=O)Nc3c2cnn3-c2ccc(F)cc2)cc1OC. The zero-order valence-electron chi connectivity index (χ0n) is 14.9. The van der Waals surface area contributed by atoms with Crippen molar-refractivity contribution in [3.63, 3.8) is 0 Å². The van der Waals surface area contributed by atoms with Crippen molar-refractivity contribution in [2.24, 2.45) is 0 Å². The van der Waals surface area contributed by atoms with Gasteiger partial charge in [0.25, 0.3) is 0 Å². The number of hydrogen-bond donors (Lipinski definition) is 1. The van der Waals surface area contributed by atoms with Gasteiger partial charge in [-0.05, 0) is 42.0 Å². The maximum absolute atomic E-state index is 13.2. The molecule has 4 rings (SSSR count). The summed E-state index contributed by atoms with van der Waals surface area (Å²) in [6, 6.07) is 11.6. The third-order valence-corrected chi connectivity index (χ3v) is 4.70. The number of rotatable bonds is 4. The second-order valence-corrected chi connectivity index (χ2v) is 6.26. The Balaban J connectivity index is 1.78. The number of halogens is 1. The van der Waals surface area contributed by atoms with Crippen LogP contribution in [0.15, 0.2) is 48.7 Å². The van der Waals surface area contributed by atoms with Gasteiger partial charge in [0.05, 0.1) is 26.1 Å². The smallest absolute Gasteiger partial charge is 0.226 e. The average Bonchev–Trinajstić information content (AvgIpc) is 3.11. The lowest BCUT2D eigenvalue weighted by atomic mass is 9.87. The molecule has 0 fully saturated rings. The molecule has 0 radical (unpaired) electrons. The molecule has 1 atom stereocenters. The van der Waals surface area contributed by atoms with Gasteiger partial charge in [-0.3, -0.25) is 4.79 Å². The molecule has 1 unspecified atom stereocenters. The molecule has 1 aliphatic rings. The van der Waals surface area contributed by atoms with E-state index in [1.165, 1.54) is 12.1 Å². The Morgan fingerprint density at radius 1 is 1.11 bits per heavy atom. The maximum atomic E-state index is 13.2. The summed E-state index contributed by atoms with van der Waals surface area (Å²) in [6.07, 6.45) is 2.04. The summed E-state index contributed by atoms with van der Waals surface area (Å²) in [5.74, 6) is 1.23. The van der Waals surface area contributed by atoms with E-state index < -0.39 is 0 Å². The van der Waals surface area contributed by atoms with E-state index >= 15 is 0 Å². The summed E-state index contributed by atoms with van der Waals surface area (Å²) in [7, 11) is 3.16. The third-order valence-electron chi connectivity index (χ3n) is 4.70. The van der Waals surface area contributed by atoms with Gasteiger partial charge in [0.2, 0.25) is 5.91 Å². The Hall–Kier alpha value is -3.35. The number of methoxy groups -OCH3 is 2. The van der Waals surface area contributed by atoms with E-state index in [2.05, 4.69) is 10.4 Å². The largest absolute Gasteiger partial charge is 0.493 e. The van der Waals surface area contributed by atoms with Gasteiger partial charge in [-0.15, -0.1) is 0 Å². The van der Waals surface area contributed by atoms with Crippen molar-refractivity contribution < 1.29 is 18.7 Å². The highest BCUT2D eigenvalue weighted by molar-refractivity contribution is 5.94. The van der Waals surface area contributed by atoms with Gasteiger partial charge in [0.1, 0.15) is 11.6 Å². The molecule has 1 amide bonds. The van der Waals surface area contributed by atoms with Gasteiger partial charge in [0.15, 0.2) is 11.5 Å². The monoisotopic (exact) mass is 367 g/mol. The fraction of sp³-hybridized carbons (Fsp3) is 0.200. The number of amides is 1. The maximum Gasteiger partial charge on any atom is 0.226 e. The predicted molar refractivity (Wildman–Crippen MR) is 98.2 cm³/mol. The van der Waals surface area contributed by atoms with Crippen molar-refractivity contribution in [2.45, 2.75) is 12.3 Å². The molecule has 1 aliphatic heterocycles. The summed E-state index contributed by atoms with van der Waals surface area (Å²) in [5, 5.41) is 7.29. The van der Waals surface area contributed by atoms with Crippen LogP contribution < -0.4 is 14.8 Å². The highest BCUT2D eigenvalue weighted by Crippen LogP contribution is 2.40. The molecule has 138 valence electrons. The van der Waals surface area contributed by atoms with Crippen LogP contribution in [0, 0.1) is 5.82 Å². The zero-order valence-corrected chi connectivity index (χ0v) is 14.9. The number of fused-ring (bicyclic) bond motifs is 1. The average molecular weight is 367 g/mol. The van der Waals surface area contributed by atoms with Gasteiger partial charge in [0, 0.05) is 17.9 Å². The van der Waals surface area contributed by atoms with E-state index in [-0.39, 0.29) is 17.6 Å². The quantitative estimate of drug-likeness (QED) is 0.766. The van der Waals surface area contributed by atoms with Crippen molar-refractivity contribution >= 4 is 11.7 Å². The summed E-state index contributed by atoms with van der Waals surface area (Å²) >= 11 is 0. The number of nitrogens with one attached hydrogen (secondary N) is 1. The van der Waals surface area contributed by atoms with Gasteiger partial charge in [-0.25, -0.2) is 9.07 Å². The van der Waals surface area contributed by atoms with E-state index in [1.54, 1.807) is 37.2 Å². The van der Waals surface area contributed by atoms with Crippen molar-refractivity contribution in [1.29, 1.82) is 0 Å². The van der Waals surface area contributed by atoms with Gasteiger partial charge < -0.3 is 14.8 Å². The van der Waals surface area contributed by atoms with Crippen LogP contribution in [-0.2, 0) is 4.79 Å². The molecule has 0 saturated carbocycles. The zero-order chi connectivity index (χ0) is 19.0. The van der Waals surface area contributed by atoms with Crippen LogP contribution in [-0.4, -0.2) is 29.9 Å². The minimum absolute atomic E-state index is 0.105. The van der Waals surface area contributed by atoms with E-state index in [0.29, 0.717) is 29.4 Å². The molecule has 27 heavy (non-hydrogen) atoms. The molecule has 3 aromatic rings. The number of hydrogen-bond acceptors (Lipinski definition) is 4. The fourth-order valence-electron chi connectivity index (χ4n) is 3.36. The van der Waals surface area contributed by atoms with Crippen LogP contribution in [0.1, 0.15) is 23.5 Å². The van der Waals surface area contributed by atoms with E-state index in [9.17, 15) is 9.18 Å². The number of anilines is 1. The highest BCUT2D eigenvalue weighted by atomic mass is 19.1. The molecule has 2 aromatic carbocycles. The number of ether oxygens (including phenoxy) is 2. The van der Waals surface area contributed by atoms with Crippen LogP contribution in [0.3, 0.4) is 0 Å². The first-order chi connectivity index (χ1) is 13.1. The number of carbonyl (C=O) groups excluding carboxylic acids is 1. The van der Waals surface area contributed by atoms with E-state index in [4.69, 9.17) is 9.47 Å². The van der Waals surface area contributed by atoms with Crippen LogP contribution >= 0.6 is 0 Å². The molecular formula is C20H18FN3O3. The predicted octanol–water partition coefficient (Wildman–Crippen LogP) is 3.50. The van der Waals surface area contributed by atoms with Crippen molar-refractivity contribution in [3.8, 4) is 17.2 Å². The van der Waals surface area contributed by atoms with Gasteiger partial charge in [-0.2, -0.15) is 5.10 Å². The molecule has 0 spiro atoms. The number of benzene rings is 2. The molecule has 1 N–H and O–H groups in total. The highest BCUT2D eigenvalue weighted by Gasteiger charge is 2.31. The first-order valence-electron chi connectivity index (χ1n) is 8.46. The van der Waals surface area contributed by atoms with Crippen molar-refractivity contribution in [1.82, 2.24) is 9.78 Å². The van der Waals surface area contributed by atoms with Crippen LogP contribution in [0.5, 0.6) is 11.5 Å². The summed E-state index contributed by atoms with van der Waals surface area (Å²) in [5.41, 5.74) is 2.50. The lowest BCUT2D eigenvalue weighted by Crippen LogP contribution is -2.24. The van der Waals surface area contributed by atoms with Gasteiger partial charge >= 0.3 is 0 Å². The Bertz CT molecular complexity index is 998. The number of aromatic nitrogens is 2. The summed E-state index contributed by atoms with van der Waals surface area (Å²) < 4.78 is 25.5. The molecule has 7 heteroatoms. The van der Waals surface area contributed by atoms with Crippen molar-refractivity contribution in [3.05, 3.63) is 65.6 Å². The molecule has 0 aliphatic carbocycles. The van der Waals surface area contributed by atoms with Crippen molar-refractivity contribution in [2.75, 3.05) is 19.5 Å². The Kier molecular flexibility index (Phi) is 4.27. The number of carbonyl (C=O) groups is 1. The van der Waals surface area contributed by atoms with E-state index in [1.807, 2.05) is 18.2 Å². The third kappa shape index (κ3) is 3.01. The topological polar surface area (TPSA) is 65.4 Å². The Morgan fingerprint density at radius 3 is 2.56 bits per heavy atom. The first-order valence-corrected chi connectivity index (χ1v) is 8.46. The molecule has 0 bridgehead atoms. The van der Waals surface area contributed by atoms with Crippen LogP contribution in [0.25, 0.3) is 5.69 Å². The summed E-state index contributed by atoms with van der Waals surface area (Å²) in [4.78, 5) is 12.4. The lowest BCUT2D eigenvalue weighted by molar-refractivity contribution is -0.116. The fourth-order valence-corrected chi connectivity index (χ4v) is 3.36. The molecule has 2 heterocycles. The van der Waals surface area contributed by atoms with Crippen LogP contribution in [0.2, 0.25) is 0 Å². The lowest BCUT2D eigenvalue weighted by Gasteiger charge is -2.24. The Morgan fingerprint density at radius 2 is 1.85 bits per heavy atom. The minimum atomic E-state index is -0.327. The second kappa shape index (κ2) is 6.75. The van der Waals surface area contributed by atoms with Gasteiger partial charge in [-0.1, -0.05) is 6.07 Å². The molecule has 6 nitrogen and oxygen atoms in total. The molecular weight excluding hydrogens is 349 g/mol. The van der Waals surface area contributed by atoms with Crippen LogP contribution in [0.4, 0.5) is 10.2 Å². The summed E-state index contributed by atoms with van der Waals surface area (Å²) in [6.45, 7) is 0. The normalized spacial score (nSPS) is 15.8.